The van der Waals surface area contributed by atoms with E-state index in [0.29, 0.717) is 44.1 Å². The Labute approximate surface area is 168 Å². The highest BCUT2D eigenvalue weighted by molar-refractivity contribution is 7.21. The summed E-state index contributed by atoms with van der Waals surface area (Å²) in [5.41, 5.74) is 5.12. The van der Waals surface area contributed by atoms with Gasteiger partial charge in [0.15, 0.2) is 0 Å². The predicted octanol–water partition coefficient (Wildman–Crippen LogP) is 5.57. The Kier molecular flexibility index (Phi) is 4.87. The zero-order valence-corrected chi connectivity index (χ0v) is 16.6. The van der Waals surface area contributed by atoms with Gasteiger partial charge >= 0.3 is 6.36 Å². The Morgan fingerprint density at radius 3 is 2.55 bits per heavy atom. The van der Waals surface area contributed by atoms with Crippen LogP contribution in [0.2, 0.25) is 0 Å². The third-order valence-electron chi connectivity index (χ3n) is 4.26. The number of hydrogen-bond donors (Lipinski definition) is 0. The number of alkyl halides is 3. The Morgan fingerprint density at radius 1 is 1.03 bits per heavy atom. The van der Waals surface area contributed by atoms with Crippen LogP contribution >= 0.6 is 11.3 Å². The highest BCUT2D eigenvalue weighted by Gasteiger charge is 2.31. The van der Waals surface area contributed by atoms with Crippen LogP contribution in [0.5, 0.6) is 5.75 Å². The lowest BCUT2D eigenvalue weighted by molar-refractivity contribution is -0.274. The molecule has 5 nitrogen and oxygen atoms in total. The van der Waals surface area contributed by atoms with Gasteiger partial charge in [0, 0.05) is 12.7 Å². The highest BCUT2D eigenvalue weighted by atomic mass is 32.1. The van der Waals surface area contributed by atoms with E-state index in [0.717, 1.165) is 11.1 Å². The molecule has 0 fully saturated rings. The van der Waals surface area contributed by atoms with Crippen molar-refractivity contribution in [2.45, 2.75) is 26.8 Å². The molecule has 4 aromatic rings. The molecule has 0 aliphatic carbocycles. The highest BCUT2D eigenvalue weighted by Crippen LogP contribution is 2.38. The van der Waals surface area contributed by atoms with E-state index in [2.05, 4.69) is 19.7 Å². The summed E-state index contributed by atoms with van der Waals surface area (Å²) < 4.78 is 47.6. The molecule has 29 heavy (non-hydrogen) atoms. The average Bonchev–Trinajstić information content (AvgIpc) is 3.04. The minimum atomic E-state index is -4.74. The van der Waals surface area contributed by atoms with Crippen molar-refractivity contribution < 1.29 is 22.6 Å². The number of benzene rings is 2. The molecule has 0 unspecified atom stereocenters. The molecule has 0 N–H and O–H groups in total. The van der Waals surface area contributed by atoms with Crippen molar-refractivity contribution in [3.05, 3.63) is 47.3 Å². The first-order valence-electron chi connectivity index (χ1n) is 8.66. The zero-order valence-electron chi connectivity index (χ0n) is 15.8. The summed E-state index contributed by atoms with van der Waals surface area (Å²) in [6, 6.07) is 6.58. The molecule has 0 amide bonds. The molecule has 2 aromatic heterocycles. The van der Waals surface area contributed by atoms with Gasteiger partial charge < -0.3 is 9.47 Å². The lowest BCUT2D eigenvalue weighted by Gasteiger charge is -2.09. The van der Waals surface area contributed by atoms with Gasteiger partial charge in [-0.2, -0.15) is 0 Å². The predicted molar refractivity (Wildman–Crippen MR) is 105 cm³/mol. The van der Waals surface area contributed by atoms with E-state index >= 15 is 0 Å². The molecule has 0 atom stereocenters. The quantitative estimate of drug-likeness (QED) is 0.433. The van der Waals surface area contributed by atoms with E-state index in [-0.39, 0.29) is 5.75 Å². The number of rotatable bonds is 4. The number of fused-ring (bicyclic) bond motifs is 2. The van der Waals surface area contributed by atoms with Gasteiger partial charge in [0.05, 0.1) is 39.7 Å². The van der Waals surface area contributed by atoms with Crippen LogP contribution in [0.3, 0.4) is 0 Å². The molecule has 0 aliphatic heterocycles. The van der Waals surface area contributed by atoms with Gasteiger partial charge in [-0.15, -0.1) is 24.5 Å². The smallest absolute Gasteiger partial charge is 0.406 e. The number of ether oxygens (including phenoxy) is 2. The van der Waals surface area contributed by atoms with Crippen molar-refractivity contribution in [1.82, 2.24) is 15.0 Å². The molecule has 0 saturated carbocycles. The Bertz CT molecular complexity index is 1220. The molecule has 2 aromatic carbocycles. The van der Waals surface area contributed by atoms with Gasteiger partial charge in [0.25, 0.3) is 0 Å². The maximum Gasteiger partial charge on any atom is 0.573 e. The summed E-state index contributed by atoms with van der Waals surface area (Å²) >= 11 is 1.29. The van der Waals surface area contributed by atoms with Gasteiger partial charge in [0.2, 0.25) is 0 Å². The molecule has 2 heterocycles. The second-order valence-corrected chi connectivity index (χ2v) is 7.66. The molecule has 0 spiro atoms. The van der Waals surface area contributed by atoms with Crippen molar-refractivity contribution in [2.75, 3.05) is 7.11 Å². The maximum absolute atomic E-state index is 12.6. The fourth-order valence-electron chi connectivity index (χ4n) is 3.16. The molecule has 150 valence electrons. The van der Waals surface area contributed by atoms with Gasteiger partial charge in [-0.1, -0.05) is 0 Å². The van der Waals surface area contributed by atoms with Crippen molar-refractivity contribution >= 4 is 32.6 Å². The second kappa shape index (κ2) is 7.23. The molecule has 4 rings (SSSR count). The van der Waals surface area contributed by atoms with E-state index in [4.69, 9.17) is 4.74 Å². The number of thiazole rings is 1. The summed E-state index contributed by atoms with van der Waals surface area (Å²) in [5.74, 6) is -0.254. The first-order chi connectivity index (χ1) is 13.7. The lowest BCUT2D eigenvalue weighted by atomic mass is 10.1. The lowest BCUT2D eigenvalue weighted by Crippen LogP contribution is -2.17. The standard InChI is InChI=1S/C20H16F3N3O2S/c1-10-4-14(18-15(5-10)25-12(8-24-18)9-27-3)19-26-17-11(2)6-13(7-16(17)29-19)28-20(21,22)23/h4-8H,9H2,1-3H3. The SMILES string of the molecule is COCc1cnc2c(-c3nc4c(C)cc(OC(F)(F)F)cc4s3)cc(C)cc2n1. The average molecular weight is 419 g/mol. The summed E-state index contributed by atoms with van der Waals surface area (Å²) in [7, 11) is 1.59. The summed E-state index contributed by atoms with van der Waals surface area (Å²) in [6.45, 7) is 4.01. The Hall–Kier alpha value is -2.78. The molecule has 0 bridgehead atoms. The van der Waals surface area contributed by atoms with Crippen molar-refractivity contribution in [3.8, 4) is 16.3 Å². The largest absolute Gasteiger partial charge is 0.573 e. The van der Waals surface area contributed by atoms with E-state index < -0.39 is 6.36 Å². The molecular formula is C20H16F3N3O2S. The summed E-state index contributed by atoms with van der Waals surface area (Å²) in [5, 5.41) is 0.662. The summed E-state index contributed by atoms with van der Waals surface area (Å²) in [4.78, 5) is 13.8. The molecule has 0 aliphatic rings. The van der Waals surface area contributed by atoms with Gasteiger partial charge in [-0.3, -0.25) is 4.98 Å². The number of halogens is 3. The third kappa shape index (κ3) is 4.01. The first kappa shape index (κ1) is 19.5. The van der Waals surface area contributed by atoms with Crippen LogP contribution in [0, 0.1) is 13.8 Å². The normalized spacial score (nSPS) is 12.1. The van der Waals surface area contributed by atoms with Crippen LogP contribution in [0.25, 0.3) is 31.8 Å². The molecule has 0 radical (unpaired) electrons. The Morgan fingerprint density at radius 2 is 1.83 bits per heavy atom. The Balaban J connectivity index is 1.86. The number of aryl methyl sites for hydroxylation is 2. The monoisotopic (exact) mass is 419 g/mol. The maximum atomic E-state index is 12.6. The van der Waals surface area contributed by atoms with Crippen LogP contribution in [-0.2, 0) is 11.3 Å². The van der Waals surface area contributed by atoms with Crippen LogP contribution < -0.4 is 4.74 Å². The third-order valence-corrected chi connectivity index (χ3v) is 5.29. The minimum absolute atomic E-state index is 0.254. The van der Waals surface area contributed by atoms with Crippen molar-refractivity contribution in [2.24, 2.45) is 0 Å². The van der Waals surface area contributed by atoms with E-state index in [1.165, 1.54) is 23.5 Å². The molecule has 0 saturated heterocycles. The summed E-state index contributed by atoms with van der Waals surface area (Å²) in [6.07, 6.45) is -3.09. The fraction of sp³-hybridized carbons (Fsp3) is 0.250. The van der Waals surface area contributed by atoms with Crippen LogP contribution in [-0.4, -0.2) is 28.4 Å². The number of nitrogens with zero attached hydrogens (tertiary/aromatic N) is 3. The topological polar surface area (TPSA) is 57.1 Å². The first-order valence-corrected chi connectivity index (χ1v) is 9.47. The van der Waals surface area contributed by atoms with Gasteiger partial charge in [0.1, 0.15) is 10.8 Å². The van der Waals surface area contributed by atoms with E-state index in [9.17, 15) is 13.2 Å². The second-order valence-electron chi connectivity index (χ2n) is 6.63. The molecule has 9 heteroatoms. The van der Waals surface area contributed by atoms with Crippen molar-refractivity contribution in [3.63, 3.8) is 0 Å². The number of aromatic nitrogens is 3. The van der Waals surface area contributed by atoms with E-state index in [1.54, 1.807) is 20.2 Å². The van der Waals surface area contributed by atoms with Crippen LogP contribution in [0.1, 0.15) is 16.8 Å². The van der Waals surface area contributed by atoms with Gasteiger partial charge in [-0.05, 0) is 49.2 Å². The minimum Gasteiger partial charge on any atom is -0.406 e. The van der Waals surface area contributed by atoms with Crippen LogP contribution in [0.4, 0.5) is 13.2 Å². The number of methoxy groups -OCH3 is 1. The fourth-order valence-corrected chi connectivity index (χ4v) is 4.25. The van der Waals surface area contributed by atoms with Crippen molar-refractivity contribution in [1.29, 1.82) is 0 Å². The molecular weight excluding hydrogens is 403 g/mol. The number of hydrogen-bond acceptors (Lipinski definition) is 6. The van der Waals surface area contributed by atoms with Crippen LogP contribution in [0.15, 0.2) is 30.5 Å². The zero-order chi connectivity index (χ0) is 20.8. The van der Waals surface area contributed by atoms with Gasteiger partial charge in [-0.25, -0.2) is 9.97 Å². The van der Waals surface area contributed by atoms with E-state index in [1.807, 2.05) is 19.1 Å².